The summed E-state index contributed by atoms with van der Waals surface area (Å²) in [5.41, 5.74) is -0.156. The van der Waals surface area contributed by atoms with Gasteiger partial charge in [-0.05, 0) is 24.6 Å². The van der Waals surface area contributed by atoms with Crippen molar-refractivity contribution < 1.29 is 9.84 Å². The third-order valence-electron chi connectivity index (χ3n) is 3.86. The number of aliphatic hydroxyl groups is 1. The Hall–Kier alpha value is -0.250. The van der Waals surface area contributed by atoms with Crippen LogP contribution in [0, 0.1) is 5.41 Å². The molecule has 3 unspecified atom stereocenters. The Kier molecular flexibility index (Phi) is 3.71. The highest BCUT2D eigenvalue weighted by atomic mass is 79.9. The predicted molar refractivity (Wildman–Crippen MR) is 72.6 cm³/mol. The summed E-state index contributed by atoms with van der Waals surface area (Å²) in [6.45, 7) is 4.13. The van der Waals surface area contributed by atoms with Gasteiger partial charge in [0.05, 0.1) is 11.1 Å². The first-order valence-corrected chi connectivity index (χ1v) is 6.94. The average molecular weight is 320 g/mol. The lowest BCUT2D eigenvalue weighted by Crippen LogP contribution is -2.57. The van der Waals surface area contributed by atoms with Crippen molar-refractivity contribution in [3.05, 3.63) is 27.7 Å². The first kappa shape index (κ1) is 13.2. The summed E-state index contributed by atoms with van der Waals surface area (Å²) in [6.07, 6.45) is 1.34. The Labute approximate surface area is 115 Å². The normalized spacial score (nSPS) is 32.1. The van der Waals surface area contributed by atoms with Gasteiger partial charge in [0, 0.05) is 16.3 Å². The fourth-order valence-corrected chi connectivity index (χ4v) is 2.88. The Bertz CT molecular complexity index is 424. The first-order chi connectivity index (χ1) is 7.97. The van der Waals surface area contributed by atoms with Gasteiger partial charge in [0.25, 0.3) is 0 Å². The molecule has 1 aliphatic carbocycles. The molecule has 4 heteroatoms. The second-order valence-electron chi connectivity index (χ2n) is 4.79. The van der Waals surface area contributed by atoms with Crippen LogP contribution >= 0.6 is 27.5 Å². The molecule has 0 bridgehead atoms. The number of rotatable bonds is 3. The number of ether oxygens (including phenoxy) is 1. The fourth-order valence-electron chi connectivity index (χ4n) is 2.17. The van der Waals surface area contributed by atoms with Crippen LogP contribution in [0.4, 0.5) is 0 Å². The molecule has 1 saturated carbocycles. The molecule has 1 aromatic rings. The molecular formula is C13H16BrClO2. The monoisotopic (exact) mass is 318 g/mol. The molecule has 0 spiro atoms. The van der Waals surface area contributed by atoms with Crippen molar-refractivity contribution in [2.24, 2.45) is 5.41 Å². The summed E-state index contributed by atoms with van der Waals surface area (Å²) in [5, 5.41) is 10.4. The smallest absolute Gasteiger partial charge is 0.138 e. The van der Waals surface area contributed by atoms with Crippen molar-refractivity contribution in [1.29, 1.82) is 0 Å². The molecular weight excluding hydrogens is 303 g/mol. The highest BCUT2D eigenvalue weighted by Gasteiger charge is 2.51. The van der Waals surface area contributed by atoms with Crippen molar-refractivity contribution in [3.63, 3.8) is 0 Å². The van der Waals surface area contributed by atoms with E-state index < -0.39 is 0 Å². The van der Waals surface area contributed by atoms with Crippen LogP contribution in [-0.4, -0.2) is 17.3 Å². The maximum absolute atomic E-state index is 9.81. The molecule has 0 radical (unpaired) electrons. The van der Waals surface area contributed by atoms with Gasteiger partial charge in [0.15, 0.2) is 0 Å². The lowest BCUT2D eigenvalue weighted by molar-refractivity contribution is -0.147. The molecule has 94 valence electrons. The van der Waals surface area contributed by atoms with Crippen LogP contribution in [0.3, 0.4) is 0 Å². The van der Waals surface area contributed by atoms with E-state index in [0.29, 0.717) is 17.2 Å². The molecule has 1 N–H and O–H groups in total. The van der Waals surface area contributed by atoms with Gasteiger partial charge in [-0.2, -0.15) is 0 Å². The summed E-state index contributed by atoms with van der Waals surface area (Å²) >= 11 is 9.47. The van der Waals surface area contributed by atoms with Gasteiger partial charge >= 0.3 is 0 Å². The maximum Gasteiger partial charge on any atom is 0.138 e. The van der Waals surface area contributed by atoms with E-state index >= 15 is 0 Å². The van der Waals surface area contributed by atoms with Gasteiger partial charge in [-0.15, -0.1) is 0 Å². The summed E-state index contributed by atoms with van der Waals surface area (Å²) in [6, 6.07) is 5.57. The van der Waals surface area contributed by atoms with Crippen molar-refractivity contribution in [1.82, 2.24) is 0 Å². The SMILES string of the molecule is CCC1(C)C(O)CC1Oc1ccc(Br)cc1Cl. The van der Waals surface area contributed by atoms with Crippen LogP contribution in [0.25, 0.3) is 0 Å². The minimum atomic E-state index is -0.272. The largest absolute Gasteiger partial charge is 0.488 e. The molecule has 1 aromatic carbocycles. The Morgan fingerprint density at radius 2 is 2.29 bits per heavy atom. The van der Waals surface area contributed by atoms with Crippen molar-refractivity contribution in [2.45, 2.75) is 38.9 Å². The molecule has 0 amide bonds. The number of hydrogen-bond donors (Lipinski definition) is 1. The van der Waals surface area contributed by atoms with E-state index in [4.69, 9.17) is 16.3 Å². The van der Waals surface area contributed by atoms with Crippen molar-refractivity contribution in [2.75, 3.05) is 0 Å². The van der Waals surface area contributed by atoms with Crippen molar-refractivity contribution in [3.8, 4) is 5.75 Å². The lowest BCUT2D eigenvalue weighted by atomic mass is 9.63. The van der Waals surface area contributed by atoms with E-state index in [1.165, 1.54) is 0 Å². The van der Waals surface area contributed by atoms with E-state index in [1.54, 1.807) is 0 Å². The number of benzene rings is 1. The predicted octanol–water partition coefficient (Wildman–Crippen LogP) is 4.03. The lowest BCUT2D eigenvalue weighted by Gasteiger charge is -2.50. The number of aliphatic hydroxyl groups excluding tert-OH is 1. The van der Waals surface area contributed by atoms with Gasteiger partial charge < -0.3 is 9.84 Å². The Balaban J connectivity index is 2.12. The van der Waals surface area contributed by atoms with E-state index in [2.05, 4.69) is 29.8 Å². The topological polar surface area (TPSA) is 29.5 Å². The van der Waals surface area contributed by atoms with E-state index in [0.717, 1.165) is 10.9 Å². The van der Waals surface area contributed by atoms with Crippen molar-refractivity contribution >= 4 is 27.5 Å². The molecule has 0 heterocycles. The zero-order valence-electron chi connectivity index (χ0n) is 9.91. The van der Waals surface area contributed by atoms with Gasteiger partial charge in [0.2, 0.25) is 0 Å². The Morgan fingerprint density at radius 3 is 2.82 bits per heavy atom. The third kappa shape index (κ3) is 2.33. The third-order valence-corrected chi connectivity index (χ3v) is 4.65. The summed E-state index contributed by atoms with van der Waals surface area (Å²) in [4.78, 5) is 0. The Morgan fingerprint density at radius 1 is 1.59 bits per heavy atom. The van der Waals surface area contributed by atoms with Gasteiger partial charge in [-0.1, -0.05) is 41.4 Å². The average Bonchev–Trinajstić information content (AvgIpc) is 2.30. The van der Waals surface area contributed by atoms with Crippen LogP contribution in [-0.2, 0) is 0 Å². The molecule has 17 heavy (non-hydrogen) atoms. The quantitative estimate of drug-likeness (QED) is 0.911. The zero-order chi connectivity index (χ0) is 12.6. The van der Waals surface area contributed by atoms with Crippen LogP contribution in [0.1, 0.15) is 26.7 Å². The minimum Gasteiger partial charge on any atom is -0.488 e. The molecule has 0 saturated heterocycles. The molecule has 0 aromatic heterocycles. The molecule has 3 atom stereocenters. The van der Waals surface area contributed by atoms with Crippen LogP contribution < -0.4 is 4.74 Å². The highest BCUT2D eigenvalue weighted by molar-refractivity contribution is 9.10. The number of hydrogen-bond acceptors (Lipinski definition) is 2. The van der Waals surface area contributed by atoms with Crippen LogP contribution in [0.15, 0.2) is 22.7 Å². The van der Waals surface area contributed by atoms with Gasteiger partial charge in [0.1, 0.15) is 11.9 Å². The van der Waals surface area contributed by atoms with Gasteiger partial charge in [-0.25, -0.2) is 0 Å². The molecule has 0 aliphatic heterocycles. The van der Waals surface area contributed by atoms with Gasteiger partial charge in [-0.3, -0.25) is 0 Å². The fraction of sp³-hybridized carbons (Fsp3) is 0.538. The zero-order valence-corrected chi connectivity index (χ0v) is 12.3. The maximum atomic E-state index is 9.81. The van der Waals surface area contributed by atoms with E-state index in [-0.39, 0.29) is 17.6 Å². The molecule has 1 fully saturated rings. The summed E-state index contributed by atoms with van der Waals surface area (Å²) in [7, 11) is 0. The second kappa shape index (κ2) is 4.79. The van der Waals surface area contributed by atoms with E-state index in [9.17, 15) is 5.11 Å². The second-order valence-corrected chi connectivity index (χ2v) is 6.11. The molecule has 2 rings (SSSR count). The summed E-state index contributed by atoms with van der Waals surface area (Å²) in [5.74, 6) is 0.687. The number of halogens is 2. The highest BCUT2D eigenvalue weighted by Crippen LogP contribution is 2.46. The van der Waals surface area contributed by atoms with E-state index in [1.807, 2.05) is 18.2 Å². The molecule has 2 nitrogen and oxygen atoms in total. The van der Waals surface area contributed by atoms with Crippen LogP contribution in [0.5, 0.6) is 5.75 Å². The van der Waals surface area contributed by atoms with Crippen LogP contribution in [0.2, 0.25) is 5.02 Å². The summed E-state index contributed by atoms with van der Waals surface area (Å²) < 4.78 is 6.83. The molecule has 1 aliphatic rings. The standard InChI is InChI=1S/C13H16BrClO2/c1-3-13(2)11(16)7-12(13)17-10-5-4-8(14)6-9(10)15/h4-6,11-12,16H,3,7H2,1-2H3. The first-order valence-electron chi connectivity index (χ1n) is 5.77. The minimum absolute atomic E-state index is 0.0428.